The van der Waals surface area contributed by atoms with Crippen molar-refractivity contribution in [2.24, 2.45) is 0 Å². The third-order valence-corrected chi connectivity index (χ3v) is 7.85. The smallest absolute Gasteiger partial charge is 0.342 e. The first-order chi connectivity index (χ1) is 20.1. The van der Waals surface area contributed by atoms with Crippen LogP contribution in [0.3, 0.4) is 0 Å². The highest BCUT2D eigenvalue weighted by Crippen LogP contribution is 2.48. The average Bonchev–Trinajstić information content (AvgIpc) is 3.36. The van der Waals surface area contributed by atoms with E-state index in [2.05, 4.69) is 9.88 Å². The van der Waals surface area contributed by atoms with E-state index in [-0.39, 0.29) is 18.4 Å². The molecule has 2 aromatic heterocycles. The Labute approximate surface area is 239 Å². The van der Waals surface area contributed by atoms with Crippen molar-refractivity contribution in [3.05, 3.63) is 101 Å². The van der Waals surface area contributed by atoms with Gasteiger partial charge in [0.05, 0.1) is 12.6 Å². The van der Waals surface area contributed by atoms with E-state index < -0.39 is 5.97 Å². The van der Waals surface area contributed by atoms with Crippen LogP contribution in [0, 0.1) is 6.92 Å². The second-order valence-electron chi connectivity index (χ2n) is 10.5. The lowest BCUT2D eigenvalue weighted by Crippen LogP contribution is -2.34. The predicted octanol–water partition coefficient (Wildman–Crippen LogP) is 7.33. The Bertz CT molecular complexity index is 1690. The SMILES string of the molecule is CCOC(=O)c1c(C)oc2c1c(C(c1ccnc(OCc3ccccc3)c1)N1CCCCC1)c(O)c1ccccc12. The lowest BCUT2D eigenvalue weighted by atomic mass is 9.88. The van der Waals surface area contributed by atoms with Gasteiger partial charge in [0.25, 0.3) is 0 Å². The number of rotatable bonds is 8. The Balaban J connectivity index is 1.56. The number of esters is 1. The first-order valence-corrected chi connectivity index (χ1v) is 14.3. The maximum Gasteiger partial charge on any atom is 0.342 e. The number of piperidine rings is 1. The molecule has 0 bridgehead atoms. The number of aromatic hydroxyl groups is 1. The van der Waals surface area contributed by atoms with Crippen LogP contribution in [0.1, 0.15) is 65.0 Å². The van der Waals surface area contributed by atoms with Crippen LogP contribution in [0.2, 0.25) is 0 Å². The minimum absolute atomic E-state index is 0.138. The molecule has 1 aliphatic rings. The number of phenolic OH excluding ortho intramolecular Hbond substituents is 1. The molecule has 7 heteroatoms. The number of aryl methyl sites for hydroxylation is 1. The highest BCUT2D eigenvalue weighted by Gasteiger charge is 2.34. The van der Waals surface area contributed by atoms with Crippen molar-refractivity contribution in [2.75, 3.05) is 19.7 Å². The lowest BCUT2D eigenvalue weighted by molar-refractivity contribution is 0.0526. The number of phenols is 1. The normalized spacial score (nSPS) is 14.8. The zero-order chi connectivity index (χ0) is 28.3. The number of benzene rings is 3. The molecule has 1 saturated heterocycles. The van der Waals surface area contributed by atoms with E-state index in [0.29, 0.717) is 45.7 Å². The first-order valence-electron chi connectivity index (χ1n) is 14.3. The van der Waals surface area contributed by atoms with Crippen molar-refractivity contribution in [3.8, 4) is 11.6 Å². The molecule has 1 aliphatic heterocycles. The summed E-state index contributed by atoms with van der Waals surface area (Å²) < 4.78 is 17.9. The van der Waals surface area contributed by atoms with Crippen LogP contribution < -0.4 is 4.74 Å². The number of hydrogen-bond donors (Lipinski definition) is 1. The van der Waals surface area contributed by atoms with Crippen LogP contribution in [0.5, 0.6) is 11.6 Å². The largest absolute Gasteiger partial charge is 0.507 e. The summed E-state index contributed by atoms with van der Waals surface area (Å²) in [7, 11) is 0. The van der Waals surface area contributed by atoms with Gasteiger partial charge in [-0.1, -0.05) is 61.0 Å². The first kappa shape index (κ1) is 26.8. The van der Waals surface area contributed by atoms with E-state index in [4.69, 9.17) is 13.9 Å². The van der Waals surface area contributed by atoms with Crippen molar-refractivity contribution in [1.29, 1.82) is 0 Å². The number of likely N-dealkylation sites (tertiary alicyclic amines) is 1. The molecule has 0 radical (unpaired) electrons. The van der Waals surface area contributed by atoms with E-state index >= 15 is 0 Å². The van der Waals surface area contributed by atoms with E-state index in [9.17, 15) is 9.90 Å². The number of aromatic nitrogens is 1. The van der Waals surface area contributed by atoms with E-state index in [1.54, 1.807) is 20.0 Å². The number of fused-ring (bicyclic) bond motifs is 3. The third-order valence-electron chi connectivity index (χ3n) is 7.85. The van der Waals surface area contributed by atoms with Crippen molar-refractivity contribution in [2.45, 2.75) is 45.8 Å². The Hall–Kier alpha value is -4.36. The van der Waals surface area contributed by atoms with Gasteiger partial charge in [0.2, 0.25) is 5.88 Å². The average molecular weight is 551 g/mol. The molecule has 210 valence electrons. The summed E-state index contributed by atoms with van der Waals surface area (Å²) in [6, 6.07) is 21.1. The molecule has 1 unspecified atom stereocenters. The molecule has 0 spiro atoms. The summed E-state index contributed by atoms with van der Waals surface area (Å²) >= 11 is 0. The minimum atomic E-state index is -0.460. The van der Waals surface area contributed by atoms with Gasteiger partial charge < -0.3 is 19.0 Å². The highest BCUT2D eigenvalue weighted by atomic mass is 16.5. The fourth-order valence-corrected chi connectivity index (χ4v) is 6.00. The second kappa shape index (κ2) is 11.6. The van der Waals surface area contributed by atoms with Gasteiger partial charge >= 0.3 is 5.97 Å². The molecule has 0 amide bonds. The molecular weight excluding hydrogens is 516 g/mol. The van der Waals surface area contributed by atoms with Gasteiger partial charge in [-0.15, -0.1) is 0 Å². The van der Waals surface area contributed by atoms with Crippen LogP contribution >= 0.6 is 0 Å². The number of furan rings is 1. The van der Waals surface area contributed by atoms with Crippen LogP contribution in [0.4, 0.5) is 0 Å². The quantitative estimate of drug-likeness (QED) is 0.203. The molecule has 0 aliphatic carbocycles. The summed E-state index contributed by atoms with van der Waals surface area (Å²) in [6.45, 7) is 5.90. The topological polar surface area (TPSA) is 85.0 Å². The Morgan fingerprint density at radius 3 is 2.51 bits per heavy atom. The third kappa shape index (κ3) is 5.13. The van der Waals surface area contributed by atoms with E-state index in [1.165, 1.54) is 0 Å². The van der Waals surface area contributed by atoms with Crippen molar-refractivity contribution in [3.63, 3.8) is 0 Å². The van der Waals surface area contributed by atoms with Crippen molar-refractivity contribution in [1.82, 2.24) is 9.88 Å². The Kier molecular flexibility index (Phi) is 7.61. The van der Waals surface area contributed by atoms with Gasteiger partial charge in [-0.2, -0.15) is 0 Å². The van der Waals surface area contributed by atoms with Crippen molar-refractivity contribution >= 4 is 27.7 Å². The van der Waals surface area contributed by atoms with Crippen LogP contribution in [0.25, 0.3) is 21.7 Å². The lowest BCUT2D eigenvalue weighted by Gasteiger charge is -2.36. The maximum absolute atomic E-state index is 13.3. The Morgan fingerprint density at radius 1 is 1.02 bits per heavy atom. The standard InChI is InChI=1S/C34H34N2O5/c1-3-39-34(38)28-22(2)41-33-26-15-9-8-14-25(26)32(37)30(29(28)33)31(36-18-10-5-11-19-36)24-16-17-35-27(20-24)40-21-23-12-6-4-7-13-23/h4,6-9,12-17,20,31,37H,3,5,10-11,18-19,21H2,1-2H3. The molecule has 3 aromatic carbocycles. The van der Waals surface area contributed by atoms with Gasteiger partial charge in [0, 0.05) is 34.0 Å². The number of carbonyl (C=O) groups is 1. The summed E-state index contributed by atoms with van der Waals surface area (Å²) in [6.07, 6.45) is 4.99. The maximum atomic E-state index is 13.3. The molecule has 7 nitrogen and oxygen atoms in total. The van der Waals surface area contributed by atoms with Crippen LogP contribution in [-0.2, 0) is 11.3 Å². The van der Waals surface area contributed by atoms with Gasteiger partial charge in [-0.25, -0.2) is 9.78 Å². The molecule has 1 atom stereocenters. The molecular formula is C34H34N2O5. The second-order valence-corrected chi connectivity index (χ2v) is 10.5. The van der Waals surface area contributed by atoms with Gasteiger partial charge in [-0.3, -0.25) is 4.90 Å². The monoisotopic (exact) mass is 550 g/mol. The molecule has 1 N–H and O–H groups in total. The number of pyridine rings is 1. The number of ether oxygens (including phenoxy) is 2. The molecule has 1 fully saturated rings. The predicted molar refractivity (Wildman–Crippen MR) is 158 cm³/mol. The Morgan fingerprint density at radius 2 is 1.76 bits per heavy atom. The molecule has 0 saturated carbocycles. The summed E-state index contributed by atoms with van der Waals surface area (Å²) in [5, 5.41) is 14.0. The van der Waals surface area contributed by atoms with Crippen LogP contribution in [-0.4, -0.2) is 40.7 Å². The van der Waals surface area contributed by atoms with E-state index in [0.717, 1.165) is 48.9 Å². The molecule has 41 heavy (non-hydrogen) atoms. The fourth-order valence-electron chi connectivity index (χ4n) is 6.00. The molecule has 6 rings (SSSR count). The van der Waals surface area contributed by atoms with Crippen molar-refractivity contribution < 1.29 is 23.8 Å². The number of hydrogen-bond acceptors (Lipinski definition) is 7. The number of nitrogens with zero attached hydrogens (tertiary/aromatic N) is 2. The highest BCUT2D eigenvalue weighted by molar-refractivity contribution is 6.16. The zero-order valence-corrected chi connectivity index (χ0v) is 23.4. The van der Waals surface area contributed by atoms with Gasteiger partial charge in [-0.05, 0) is 57.0 Å². The summed E-state index contributed by atoms with van der Waals surface area (Å²) in [4.78, 5) is 20.2. The van der Waals surface area contributed by atoms with Gasteiger partial charge in [0.15, 0.2) is 0 Å². The molecule has 5 aromatic rings. The zero-order valence-electron chi connectivity index (χ0n) is 23.4. The van der Waals surface area contributed by atoms with Crippen LogP contribution in [0.15, 0.2) is 77.3 Å². The number of carbonyl (C=O) groups excluding carboxylic acids is 1. The molecule has 3 heterocycles. The van der Waals surface area contributed by atoms with Gasteiger partial charge in [0.1, 0.15) is 29.3 Å². The fraction of sp³-hybridized carbons (Fsp3) is 0.294. The summed E-state index contributed by atoms with van der Waals surface area (Å²) in [5.41, 5.74) is 3.54. The minimum Gasteiger partial charge on any atom is -0.507 e. The summed E-state index contributed by atoms with van der Waals surface area (Å²) in [5.74, 6) is 0.644. The van der Waals surface area contributed by atoms with E-state index in [1.807, 2.05) is 66.7 Å².